The number of rotatable bonds is 3. The van der Waals surface area contributed by atoms with Gasteiger partial charge < -0.3 is 18.9 Å². The molecule has 1 N–H and O–H groups in total. The van der Waals surface area contributed by atoms with Crippen molar-refractivity contribution in [2.75, 3.05) is 12.4 Å². The molecule has 1 amide bonds. The van der Waals surface area contributed by atoms with Gasteiger partial charge in [-0.3, -0.25) is 4.79 Å². The fraction of sp³-hybridized carbons (Fsp3) is 0.105. The van der Waals surface area contributed by atoms with Crippen LogP contribution >= 0.6 is 0 Å². The lowest BCUT2D eigenvalue weighted by Crippen LogP contribution is -2.11. The highest BCUT2D eigenvalue weighted by atomic mass is 16.5. The van der Waals surface area contributed by atoms with Gasteiger partial charge in [0.1, 0.15) is 22.7 Å². The Morgan fingerprint density at radius 1 is 1.00 bits per heavy atom. The smallest absolute Gasteiger partial charge is 0.291 e. The van der Waals surface area contributed by atoms with E-state index in [0.29, 0.717) is 22.8 Å². The average Bonchev–Trinajstić information content (AvgIpc) is 3.17. The summed E-state index contributed by atoms with van der Waals surface area (Å²) >= 11 is 0. The topological polar surface area (TPSA) is 64.6 Å². The molecule has 0 radical (unpaired) electrons. The van der Waals surface area contributed by atoms with Crippen LogP contribution in [0.5, 0.6) is 5.75 Å². The normalized spacial score (nSPS) is 11.1. The first-order chi connectivity index (χ1) is 11.7. The van der Waals surface area contributed by atoms with E-state index in [-0.39, 0.29) is 11.7 Å². The third kappa shape index (κ3) is 2.31. The van der Waals surface area contributed by atoms with Gasteiger partial charge in [-0.25, -0.2) is 0 Å². The molecule has 0 saturated carbocycles. The quantitative estimate of drug-likeness (QED) is 0.591. The second kappa shape index (κ2) is 5.45. The highest BCUT2D eigenvalue weighted by Gasteiger charge is 2.16. The lowest BCUT2D eigenvalue weighted by atomic mass is 10.1. The first-order valence-electron chi connectivity index (χ1n) is 7.53. The van der Waals surface area contributed by atoms with Crippen molar-refractivity contribution in [3.63, 3.8) is 0 Å². The molecule has 0 aliphatic rings. The van der Waals surface area contributed by atoms with E-state index in [1.807, 2.05) is 30.3 Å². The van der Waals surface area contributed by atoms with Gasteiger partial charge in [0.05, 0.1) is 12.8 Å². The number of nitrogens with one attached hydrogen (secondary N) is 1. The summed E-state index contributed by atoms with van der Waals surface area (Å²) in [6.45, 7) is 1.79. The third-order valence-electron chi connectivity index (χ3n) is 3.91. The van der Waals surface area contributed by atoms with Crippen molar-refractivity contribution in [3.8, 4) is 5.75 Å². The number of ether oxygens (including phenoxy) is 1. The first-order valence-corrected chi connectivity index (χ1v) is 7.53. The fourth-order valence-corrected chi connectivity index (χ4v) is 2.76. The maximum absolute atomic E-state index is 12.3. The van der Waals surface area contributed by atoms with Gasteiger partial charge in [-0.15, -0.1) is 0 Å². The minimum atomic E-state index is -0.336. The lowest BCUT2D eigenvalue weighted by molar-refractivity contribution is 0.0995. The molecular weight excluding hydrogens is 306 g/mol. The summed E-state index contributed by atoms with van der Waals surface area (Å²) in [5.41, 5.74) is 2.01. The molecule has 0 atom stereocenters. The van der Waals surface area contributed by atoms with Crippen LogP contribution in [0.1, 0.15) is 16.3 Å². The van der Waals surface area contributed by atoms with Crippen molar-refractivity contribution in [2.45, 2.75) is 6.92 Å². The van der Waals surface area contributed by atoms with Gasteiger partial charge in [0.25, 0.3) is 5.91 Å². The molecule has 5 heteroatoms. The molecule has 0 spiro atoms. The summed E-state index contributed by atoms with van der Waals surface area (Å²) in [4.78, 5) is 12.3. The number of hydrogen-bond acceptors (Lipinski definition) is 4. The van der Waals surface area contributed by atoms with E-state index in [9.17, 15) is 4.79 Å². The molecule has 2 aromatic heterocycles. The average molecular weight is 321 g/mol. The third-order valence-corrected chi connectivity index (χ3v) is 3.91. The zero-order chi connectivity index (χ0) is 16.7. The molecule has 0 bridgehead atoms. The monoisotopic (exact) mass is 321 g/mol. The van der Waals surface area contributed by atoms with Crippen molar-refractivity contribution in [3.05, 3.63) is 60.1 Å². The minimum absolute atomic E-state index is 0.249. The Morgan fingerprint density at radius 3 is 2.58 bits per heavy atom. The Kier molecular flexibility index (Phi) is 3.27. The Bertz CT molecular complexity index is 1060. The number of hydrogen-bond donors (Lipinski definition) is 1. The molecule has 4 rings (SSSR count). The molecule has 24 heavy (non-hydrogen) atoms. The van der Waals surface area contributed by atoms with E-state index in [0.717, 1.165) is 16.4 Å². The van der Waals surface area contributed by atoms with Gasteiger partial charge in [0.2, 0.25) is 0 Å². The van der Waals surface area contributed by atoms with Gasteiger partial charge in [-0.05, 0) is 31.2 Å². The summed E-state index contributed by atoms with van der Waals surface area (Å²) in [6.07, 6.45) is 0. The van der Waals surface area contributed by atoms with Crippen LogP contribution in [-0.2, 0) is 0 Å². The van der Waals surface area contributed by atoms with Crippen LogP contribution in [0.15, 0.2) is 57.4 Å². The Hall–Kier alpha value is -3.21. The maximum Gasteiger partial charge on any atom is 0.291 e. The number of carbonyl (C=O) groups is 1. The molecule has 0 fully saturated rings. The summed E-state index contributed by atoms with van der Waals surface area (Å²) < 4.78 is 16.6. The van der Waals surface area contributed by atoms with Crippen LogP contribution in [0, 0.1) is 6.92 Å². The van der Waals surface area contributed by atoms with Crippen molar-refractivity contribution in [1.82, 2.24) is 0 Å². The zero-order valence-electron chi connectivity index (χ0n) is 13.3. The molecule has 2 heterocycles. The van der Waals surface area contributed by atoms with Crippen molar-refractivity contribution < 1.29 is 18.4 Å². The predicted octanol–water partition coefficient (Wildman–Crippen LogP) is 4.75. The SMILES string of the molecule is COc1cc2c(cc1NC(=O)c1ccc(C)o1)oc1ccccc12. The van der Waals surface area contributed by atoms with Crippen LogP contribution in [0.2, 0.25) is 0 Å². The van der Waals surface area contributed by atoms with Crippen LogP contribution in [0.3, 0.4) is 0 Å². The number of para-hydroxylation sites is 1. The second-order valence-electron chi connectivity index (χ2n) is 5.51. The van der Waals surface area contributed by atoms with Crippen LogP contribution in [-0.4, -0.2) is 13.0 Å². The standard InChI is InChI=1S/C19H15NO4/c1-11-7-8-16(23-11)19(21)20-14-10-17-13(9-18(14)22-2)12-5-3-4-6-15(12)24-17/h3-10H,1-2H3,(H,20,21). The number of benzene rings is 2. The van der Waals surface area contributed by atoms with Gasteiger partial charge in [-0.1, -0.05) is 18.2 Å². The van der Waals surface area contributed by atoms with Gasteiger partial charge >= 0.3 is 0 Å². The molecule has 5 nitrogen and oxygen atoms in total. The van der Waals surface area contributed by atoms with Crippen LogP contribution in [0.4, 0.5) is 5.69 Å². The summed E-state index contributed by atoms with van der Waals surface area (Å²) in [5, 5.41) is 4.75. The molecule has 2 aromatic carbocycles. The molecule has 4 aromatic rings. The second-order valence-corrected chi connectivity index (χ2v) is 5.51. The number of carbonyl (C=O) groups excluding carboxylic acids is 1. The number of aryl methyl sites for hydroxylation is 1. The fourth-order valence-electron chi connectivity index (χ4n) is 2.76. The van der Waals surface area contributed by atoms with E-state index in [1.165, 1.54) is 0 Å². The number of amides is 1. The predicted molar refractivity (Wildman–Crippen MR) is 91.7 cm³/mol. The summed E-state index contributed by atoms with van der Waals surface area (Å²) in [5.74, 6) is 1.15. The van der Waals surface area contributed by atoms with Gasteiger partial charge in [0.15, 0.2) is 5.76 Å². The highest BCUT2D eigenvalue weighted by molar-refractivity contribution is 6.09. The van der Waals surface area contributed by atoms with Crippen molar-refractivity contribution >= 4 is 33.5 Å². The molecule has 0 saturated heterocycles. The first kappa shape index (κ1) is 14.4. The minimum Gasteiger partial charge on any atom is -0.495 e. The Balaban J connectivity index is 1.79. The van der Waals surface area contributed by atoms with E-state index < -0.39 is 0 Å². The van der Waals surface area contributed by atoms with E-state index in [4.69, 9.17) is 13.6 Å². The Morgan fingerprint density at radius 2 is 1.83 bits per heavy atom. The molecule has 0 aliphatic carbocycles. The van der Waals surface area contributed by atoms with Crippen LogP contribution < -0.4 is 10.1 Å². The van der Waals surface area contributed by atoms with Crippen LogP contribution in [0.25, 0.3) is 21.9 Å². The van der Waals surface area contributed by atoms with Crippen molar-refractivity contribution in [1.29, 1.82) is 0 Å². The largest absolute Gasteiger partial charge is 0.495 e. The summed E-state index contributed by atoms with van der Waals surface area (Å²) in [6, 6.07) is 14.8. The zero-order valence-corrected chi connectivity index (χ0v) is 13.3. The van der Waals surface area contributed by atoms with E-state index >= 15 is 0 Å². The lowest BCUT2D eigenvalue weighted by Gasteiger charge is -2.09. The number of furan rings is 2. The van der Waals surface area contributed by atoms with E-state index in [1.54, 1.807) is 32.2 Å². The molecular formula is C19H15NO4. The van der Waals surface area contributed by atoms with Gasteiger partial charge in [-0.2, -0.15) is 0 Å². The number of anilines is 1. The Labute approximate surface area is 137 Å². The van der Waals surface area contributed by atoms with E-state index in [2.05, 4.69) is 5.32 Å². The maximum atomic E-state index is 12.3. The highest BCUT2D eigenvalue weighted by Crippen LogP contribution is 2.36. The van der Waals surface area contributed by atoms with Gasteiger partial charge in [0, 0.05) is 16.8 Å². The number of fused-ring (bicyclic) bond motifs is 3. The molecule has 120 valence electrons. The number of methoxy groups -OCH3 is 1. The molecule has 0 unspecified atom stereocenters. The molecule has 0 aliphatic heterocycles. The summed E-state index contributed by atoms with van der Waals surface area (Å²) in [7, 11) is 1.57. The van der Waals surface area contributed by atoms with Crippen molar-refractivity contribution in [2.24, 2.45) is 0 Å².